The van der Waals surface area contributed by atoms with Gasteiger partial charge >= 0.3 is 0 Å². The maximum absolute atomic E-state index is 4.34. The lowest BCUT2D eigenvalue weighted by Gasteiger charge is -2.34. The number of para-hydroxylation sites is 1. The molecular formula is C21H25N5. The summed E-state index contributed by atoms with van der Waals surface area (Å²) in [6.45, 7) is 3.05. The van der Waals surface area contributed by atoms with Crippen LogP contribution in [0.2, 0.25) is 0 Å². The first-order valence-electron chi connectivity index (χ1n) is 9.46. The second-order valence-corrected chi connectivity index (χ2v) is 7.04. The monoisotopic (exact) mass is 347 g/mol. The Morgan fingerprint density at radius 2 is 1.65 bits per heavy atom. The fourth-order valence-electron chi connectivity index (χ4n) is 3.98. The van der Waals surface area contributed by atoms with Crippen LogP contribution < -0.4 is 0 Å². The molecule has 1 saturated carbocycles. The fraction of sp³-hybridized carbons (Fsp3) is 0.381. The highest BCUT2D eigenvalue weighted by molar-refractivity contribution is 5.30. The van der Waals surface area contributed by atoms with E-state index in [1.165, 1.54) is 31.2 Å². The predicted molar refractivity (Wildman–Crippen MR) is 102 cm³/mol. The van der Waals surface area contributed by atoms with Crippen molar-refractivity contribution in [1.29, 1.82) is 0 Å². The average Bonchev–Trinajstić information content (AvgIpc) is 3.39. The molecule has 0 aliphatic heterocycles. The Labute approximate surface area is 154 Å². The summed E-state index contributed by atoms with van der Waals surface area (Å²) >= 11 is 0. The van der Waals surface area contributed by atoms with Crippen LogP contribution in [0.15, 0.2) is 60.7 Å². The number of aromatic nitrogens is 4. The standard InChI is InChI=1S/C21H25N5/c1-17(18-10-4-2-5-11-18)25(19-12-8-9-13-19)16-21-22-23-24-26(21)20-14-6-3-7-15-20/h2-7,10-11,14-15,17,19H,8-9,12-13,16H2,1H3/t17-/m1/s1. The van der Waals surface area contributed by atoms with Crippen LogP contribution in [0.4, 0.5) is 0 Å². The summed E-state index contributed by atoms with van der Waals surface area (Å²) in [5.74, 6) is 0.894. The molecule has 3 aromatic rings. The predicted octanol–water partition coefficient (Wildman–Crippen LogP) is 4.17. The Hall–Kier alpha value is -2.53. The summed E-state index contributed by atoms with van der Waals surface area (Å²) in [4.78, 5) is 2.58. The first kappa shape index (κ1) is 16.9. The number of hydrogen-bond acceptors (Lipinski definition) is 4. The van der Waals surface area contributed by atoms with E-state index in [-0.39, 0.29) is 0 Å². The van der Waals surface area contributed by atoms with Gasteiger partial charge < -0.3 is 0 Å². The van der Waals surface area contributed by atoms with E-state index in [0.29, 0.717) is 12.1 Å². The molecule has 0 spiro atoms. The normalized spacial score (nSPS) is 16.2. The maximum Gasteiger partial charge on any atom is 0.170 e. The van der Waals surface area contributed by atoms with E-state index in [2.05, 4.69) is 57.7 Å². The van der Waals surface area contributed by atoms with Crippen molar-refractivity contribution in [2.45, 2.75) is 51.2 Å². The number of rotatable bonds is 6. The van der Waals surface area contributed by atoms with Gasteiger partial charge in [-0.25, -0.2) is 0 Å². The highest BCUT2D eigenvalue weighted by Crippen LogP contribution is 2.32. The van der Waals surface area contributed by atoms with Crippen LogP contribution in [0, 0.1) is 0 Å². The quantitative estimate of drug-likeness (QED) is 0.671. The molecule has 5 heteroatoms. The van der Waals surface area contributed by atoms with Gasteiger partial charge in [0.1, 0.15) is 0 Å². The van der Waals surface area contributed by atoms with Gasteiger partial charge in [-0.1, -0.05) is 61.4 Å². The van der Waals surface area contributed by atoms with Crippen LogP contribution >= 0.6 is 0 Å². The third-order valence-electron chi connectivity index (χ3n) is 5.43. The molecule has 0 radical (unpaired) electrons. The van der Waals surface area contributed by atoms with Gasteiger partial charge in [-0.15, -0.1) is 5.10 Å². The molecule has 5 nitrogen and oxygen atoms in total. The van der Waals surface area contributed by atoms with Crippen molar-refractivity contribution in [3.63, 3.8) is 0 Å². The summed E-state index contributed by atoms with van der Waals surface area (Å²) in [7, 11) is 0. The van der Waals surface area contributed by atoms with E-state index in [4.69, 9.17) is 0 Å². The minimum absolute atomic E-state index is 0.334. The van der Waals surface area contributed by atoms with Crippen molar-refractivity contribution < 1.29 is 0 Å². The molecule has 0 saturated heterocycles. The second kappa shape index (κ2) is 7.79. The molecule has 1 aliphatic carbocycles. The van der Waals surface area contributed by atoms with Gasteiger partial charge in [-0.3, -0.25) is 4.90 Å². The zero-order valence-corrected chi connectivity index (χ0v) is 15.2. The molecule has 1 atom stereocenters. The minimum Gasteiger partial charge on any atom is -0.286 e. The van der Waals surface area contributed by atoms with Crippen molar-refractivity contribution >= 4 is 0 Å². The van der Waals surface area contributed by atoms with Crippen molar-refractivity contribution in [2.75, 3.05) is 0 Å². The van der Waals surface area contributed by atoms with E-state index in [9.17, 15) is 0 Å². The molecule has 0 amide bonds. The van der Waals surface area contributed by atoms with Crippen LogP contribution in [-0.4, -0.2) is 31.1 Å². The Morgan fingerprint density at radius 3 is 2.35 bits per heavy atom. The number of hydrogen-bond donors (Lipinski definition) is 0. The van der Waals surface area contributed by atoms with Gasteiger partial charge in [0.2, 0.25) is 0 Å². The Morgan fingerprint density at radius 1 is 1.00 bits per heavy atom. The minimum atomic E-state index is 0.334. The second-order valence-electron chi connectivity index (χ2n) is 7.04. The molecule has 0 N–H and O–H groups in total. The largest absolute Gasteiger partial charge is 0.286 e. The highest BCUT2D eigenvalue weighted by Gasteiger charge is 2.29. The van der Waals surface area contributed by atoms with Gasteiger partial charge in [0.25, 0.3) is 0 Å². The molecular weight excluding hydrogens is 322 g/mol. The van der Waals surface area contributed by atoms with Gasteiger partial charge in [-0.05, 0) is 47.9 Å². The molecule has 1 heterocycles. The van der Waals surface area contributed by atoms with Crippen LogP contribution in [0.1, 0.15) is 50.0 Å². The van der Waals surface area contributed by atoms with Crippen molar-refractivity contribution in [1.82, 2.24) is 25.1 Å². The Bertz CT molecular complexity index is 809. The third kappa shape index (κ3) is 3.53. The maximum atomic E-state index is 4.34. The molecule has 0 bridgehead atoms. The van der Waals surface area contributed by atoms with Gasteiger partial charge in [0, 0.05) is 12.1 Å². The zero-order valence-electron chi connectivity index (χ0n) is 15.2. The molecule has 134 valence electrons. The smallest absolute Gasteiger partial charge is 0.170 e. The van der Waals surface area contributed by atoms with Crippen molar-refractivity contribution in [3.05, 3.63) is 72.1 Å². The van der Waals surface area contributed by atoms with E-state index in [0.717, 1.165) is 18.1 Å². The van der Waals surface area contributed by atoms with E-state index in [1.807, 2.05) is 35.0 Å². The summed E-state index contributed by atoms with van der Waals surface area (Å²) in [5, 5.41) is 12.5. The molecule has 4 rings (SSSR count). The SMILES string of the molecule is C[C@H](c1ccccc1)N(Cc1nnnn1-c1ccccc1)C1CCCC1. The number of benzene rings is 2. The summed E-state index contributed by atoms with van der Waals surface area (Å²) < 4.78 is 1.86. The Kier molecular flexibility index (Phi) is 5.07. The van der Waals surface area contributed by atoms with Crippen LogP contribution in [0.3, 0.4) is 0 Å². The summed E-state index contributed by atoms with van der Waals surface area (Å²) in [6, 6.07) is 21.8. The molecule has 26 heavy (non-hydrogen) atoms. The number of tetrazole rings is 1. The van der Waals surface area contributed by atoms with Crippen LogP contribution in [0.25, 0.3) is 5.69 Å². The lowest BCUT2D eigenvalue weighted by molar-refractivity contribution is 0.131. The molecule has 2 aromatic carbocycles. The lowest BCUT2D eigenvalue weighted by Crippen LogP contribution is -2.36. The molecule has 1 aromatic heterocycles. The topological polar surface area (TPSA) is 46.8 Å². The van der Waals surface area contributed by atoms with Gasteiger partial charge in [0.05, 0.1) is 12.2 Å². The highest BCUT2D eigenvalue weighted by atomic mass is 15.5. The van der Waals surface area contributed by atoms with E-state index in [1.54, 1.807) is 0 Å². The first-order valence-corrected chi connectivity index (χ1v) is 9.46. The van der Waals surface area contributed by atoms with Crippen LogP contribution in [-0.2, 0) is 6.54 Å². The van der Waals surface area contributed by atoms with Crippen LogP contribution in [0.5, 0.6) is 0 Å². The zero-order chi connectivity index (χ0) is 17.8. The molecule has 1 fully saturated rings. The third-order valence-corrected chi connectivity index (χ3v) is 5.43. The van der Waals surface area contributed by atoms with Gasteiger partial charge in [-0.2, -0.15) is 4.68 Å². The fourth-order valence-corrected chi connectivity index (χ4v) is 3.98. The first-order chi connectivity index (χ1) is 12.8. The number of nitrogens with zero attached hydrogens (tertiary/aromatic N) is 5. The summed E-state index contributed by atoms with van der Waals surface area (Å²) in [5.41, 5.74) is 2.35. The molecule has 0 unspecified atom stereocenters. The van der Waals surface area contributed by atoms with Gasteiger partial charge in [0.15, 0.2) is 5.82 Å². The van der Waals surface area contributed by atoms with E-state index >= 15 is 0 Å². The Balaban J connectivity index is 1.63. The lowest BCUT2D eigenvalue weighted by atomic mass is 10.0. The summed E-state index contributed by atoms with van der Waals surface area (Å²) in [6.07, 6.45) is 5.13. The van der Waals surface area contributed by atoms with E-state index < -0.39 is 0 Å². The molecule has 1 aliphatic rings. The van der Waals surface area contributed by atoms with Crippen molar-refractivity contribution in [3.8, 4) is 5.69 Å². The average molecular weight is 347 g/mol. The van der Waals surface area contributed by atoms with Crippen molar-refractivity contribution in [2.24, 2.45) is 0 Å².